The summed E-state index contributed by atoms with van der Waals surface area (Å²) in [5, 5.41) is 10.8. The lowest BCUT2D eigenvalue weighted by Gasteiger charge is -2.26. The Labute approximate surface area is 206 Å². The molecule has 1 N–H and O–H groups in total. The molecule has 0 fully saturated rings. The summed E-state index contributed by atoms with van der Waals surface area (Å²) in [6, 6.07) is 11.1. The molecule has 0 saturated heterocycles. The van der Waals surface area contributed by atoms with Gasteiger partial charge in [-0.3, -0.25) is 14.4 Å². The van der Waals surface area contributed by atoms with Crippen LogP contribution in [0.4, 0.5) is 10.8 Å². The van der Waals surface area contributed by atoms with Gasteiger partial charge in [-0.15, -0.1) is 16.8 Å². The summed E-state index contributed by atoms with van der Waals surface area (Å²) >= 11 is 2.62. The zero-order valence-electron chi connectivity index (χ0n) is 18.8. The third-order valence-electron chi connectivity index (χ3n) is 4.53. The zero-order chi connectivity index (χ0) is 24.7. The smallest absolute Gasteiger partial charge is 0.264 e. The lowest BCUT2D eigenvalue weighted by atomic mass is 10.2. The van der Waals surface area contributed by atoms with Crippen molar-refractivity contribution in [3.63, 3.8) is 0 Å². The molecule has 3 rings (SSSR count). The van der Waals surface area contributed by atoms with Gasteiger partial charge in [0.1, 0.15) is 18.0 Å². The average molecular weight is 521 g/mol. The van der Waals surface area contributed by atoms with E-state index in [9.17, 15) is 13.2 Å². The Hall–Kier alpha value is -3.09. The van der Waals surface area contributed by atoms with E-state index in [4.69, 9.17) is 9.47 Å². The quantitative estimate of drug-likeness (QED) is 0.230. The molecule has 0 saturated carbocycles. The second-order valence-corrected chi connectivity index (χ2v) is 11.0. The van der Waals surface area contributed by atoms with Crippen molar-refractivity contribution >= 4 is 49.8 Å². The number of benzene rings is 2. The van der Waals surface area contributed by atoms with Crippen molar-refractivity contribution < 1.29 is 22.7 Å². The summed E-state index contributed by atoms with van der Waals surface area (Å²) in [6.45, 7) is 4.99. The number of aryl methyl sites for hydroxylation is 1. The number of nitrogens with zero attached hydrogens (tertiary/aromatic N) is 3. The maximum Gasteiger partial charge on any atom is 0.264 e. The number of hydrogen-bond acceptors (Lipinski definition) is 9. The minimum absolute atomic E-state index is 0.0369. The van der Waals surface area contributed by atoms with Crippen LogP contribution in [0.15, 0.2) is 64.4 Å². The fourth-order valence-corrected chi connectivity index (χ4v) is 5.82. The Morgan fingerprint density at radius 1 is 1.18 bits per heavy atom. The normalized spacial score (nSPS) is 11.0. The number of methoxy groups -OCH3 is 2. The van der Waals surface area contributed by atoms with E-state index in [1.165, 1.54) is 55.5 Å². The van der Waals surface area contributed by atoms with E-state index in [1.54, 1.807) is 30.3 Å². The molecule has 34 heavy (non-hydrogen) atoms. The molecule has 0 aliphatic carbocycles. The lowest BCUT2D eigenvalue weighted by molar-refractivity contribution is -0.114. The summed E-state index contributed by atoms with van der Waals surface area (Å²) < 4.78 is 39.6. The van der Waals surface area contributed by atoms with Gasteiger partial charge < -0.3 is 9.47 Å². The first-order chi connectivity index (χ1) is 16.3. The van der Waals surface area contributed by atoms with Crippen molar-refractivity contribution in [2.45, 2.75) is 16.2 Å². The van der Waals surface area contributed by atoms with E-state index in [1.807, 2.05) is 6.92 Å². The molecule has 0 aliphatic rings. The predicted octanol–water partition coefficient (Wildman–Crippen LogP) is 3.98. The molecule has 0 bridgehead atoms. The van der Waals surface area contributed by atoms with Gasteiger partial charge in [0.25, 0.3) is 10.0 Å². The molecular formula is C22H24N4O5S3. The first-order valence-corrected chi connectivity index (χ1v) is 13.2. The Bertz CT molecular complexity index is 1260. The van der Waals surface area contributed by atoms with E-state index in [2.05, 4.69) is 22.1 Å². The van der Waals surface area contributed by atoms with Gasteiger partial charge in [-0.1, -0.05) is 46.9 Å². The number of amides is 1. The van der Waals surface area contributed by atoms with Crippen molar-refractivity contribution in [3.8, 4) is 11.5 Å². The van der Waals surface area contributed by atoms with Crippen molar-refractivity contribution in [1.82, 2.24) is 10.2 Å². The molecule has 12 heteroatoms. The highest BCUT2D eigenvalue weighted by Crippen LogP contribution is 2.36. The Kier molecular flexibility index (Phi) is 8.53. The summed E-state index contributed by atoms with van der Waals surface area (Å²) in [5.41, 5.74) is 1.07. The topological polar surface area (TPSA) is 111 Å². The molecule has 3 aromatic rings. The van der Waals surface area contributed by atoms with Crippen LogP contribution in [-0.4, -0.2) is 51.0 Å². The molecule has 9 nitrogen and oxygen atoms in total. The lowest BCUT2D eigenvalue weighted by Crippen LogP contribution is -2.38. The fourth-order valence-electron chi connectivity index (χ4n) is 2.87. The highest BCUT2D eigenvalue weighted by molar-refractivity contribution is 8.01. The van der Waals surface area contributed by atoms with Crippen molar-refractivity contribution in [2.75, 3.05) is 36.1 Å². The molecule has 0 aliphatic heterocycles. The minimum atomic E-state index is -4.13. The minimum Gasteiger partial charge on any atom is -0.497 e. The van der Waals surface area contributed by atoms with Gasteiger partial charge in [-0.25, -0.2) is 8.42 Å². The van der Waals surface area contributed by atoms with Crippen LogP contribution >= 0.6 is 23.1 Å². The summed E-state index contributed by atoms with van der Waals surface area (Å²) in [4.78, 5) is 13.0. The van der Waals surface area contributed by atoms with Crippen LogP contribution in [0.25, 0.3) is 0 Å². The number of hydrogen-bond donors (Lipinski definition) is 1. The third kappa shape index (κ3) is 6.07. The van der Waals surface area contributed by atoms with Crippen molar-refractivity contribution in [3.05, 3.63) is 60.7 Å². The maximum atomic E-state index is 13.6. The molecule has 180 valence electrons. The molecule has 0 unspecified atom stereocenters. The zero-order valence-corrected chi connectivity index (χ0v) is 21.3. The highest BCUT2D eigenvalue weighted by atomic mass is 32.2. The van der Waals surface area contributed by atoms with E-state index < -0.39 is 22.5 Å². The van der Waals surface area contributed by atoms with Crippen molar-refractivity contribution in [1.29, 1.82) is 0 Å². The van der Waals surface area contributed by atoms with E-state index in [-0.39, 0.29) is 21.5 Å². The molecule has 1 amide bonds. The fraction of sp³-hybridized carbons (Fsp3) is 0.227. The van der Waals surface area contributed by atoms with E-state index in [0.717, 1.165) is 9.87 Å². The number of rotatable bonds is 11. The molecule has 0 spiro atoms. The number of aromatic nitrogens is 2. The van der Waals surface area contributed by atoms with Gasteiger partial charge in [0, 0.05) is 11.8 Å². The summed E-state index contributed by atoms with van der Waals surface area (Å²) in [6.07, 6.45) is 1.74. The van der Waals surface area contributed by atoms with Crippen LogP contribution in [0.5, 0.6) is 11.5 Å². The van der Waals surface area contributed by atoms with Crippen LogP contribution in [0, 0.1) is 6.92 Å². The van der Waals surface area contributed by atoms with Gasteiger partial charge in [0.2, 0.25) is 11.0 Å². The number of nitrogens with one attached hydrogen (secondary N) is 1. The molecular weight excluding hydrogens is 496 g/mol. The first kappa shape index (κ1) is 25.5. The van der Waals surface area contributed by atoms with Crippen LogP contribution in [0.3, 0.4) is 0 Å². The molecule has 1 aromatic heterocycles. The largest absolute Gasteiger partial charge is 0.497 e. The number of carbonyl (C=O) groups is 1. The van der Waals surface area contributed by atoms with Gasteiger partial charge in [-0.05, 0) is 31.2 Å². The van der Waals surface area contributed by atoms with Crippen molar-refractivity contribution in [2.24, 2.45) is 0 Å². The molecule has 0 radical (unpaired) electrons. The highest BCUT2D eigenvalue weighted by Gasteiger charge is 2.30. The molecule has 1 heterocycles. The van der Waals surface area contributed by atoms with Gasteiger partial charge in [-0.2, -0.15) is 0 Å². The first-order valence-electron chi connectivity index (χ1n) is 9.97. The third-order valence-corrected chi connectivity index (χ3v) is 8.27. The number of anilines is 2. The van der Waals surface area contributed by atoms with Gasteiger partial charge in [0.15, 0.2) is 4.34 Å². The second kappa shape index (κ2) is 11.4. The van der Waals surface area contributed by atoms with E-state index >= 15 is 0 Å². The summed E-state index contributed by atoms with van der Waals surface area (Å²) in [5.74, 6) is 0.745. The Morgan fingerprint density at radius 3 is 2.56 bits per heavy atom. The van der Waals surface area contributed by atoms with Gasteiger partial charge in [0.05, 0.1) is 24.8 Å². The van der Waals surface area contributed by atoms with E-state index in [0.29, 0.717) is 15.8 Å². The second-order valence-electron chi connectivity index (χ2n) is 6.88. The molecule has 2 aromatic carbocycles. The number of sulfonamides is 1. The summed E-state index contributed by atoms with van der Waals surface area (Å²) in [7, 11) is -1.24. The maximum absolute atomic E-state index is 13.6. The van der Waals surface area contributed by atoms with Crippen LogP contribution in [-0.2, 0) is 14.8 Å². The number of carbonyl (C=O) groups excluding carboxylic acids is 1. The number of thioether (sulfide) groups is 1. The molecule has 0 atom stereocenters. The standard InChI is InChI=1S/C22H24N4O5S3/c1-5-12-32-22-25-24-21(33-22)23-20(27)14-26(18-13-16(30-3)8-11-19(18)31-4)34(28,29)17-9-6-15(2)7-10-17/h5-11,13H,1,12,14H2,2-4H3,(H,23,24,27). The monoisotopic (exact) mass is 520 g/mol. The van der Waals surface area contributed by atoms with Crippen LogP contribution in [0.2, 0.25) is 0 Å². The predicted molar refractivity (Wildman–Crippen MR) is 135 cm³/mol. The van der Waals surface area contributed by atoms with Gasteiger partial charge >= 0.3 is 0 Å². The SMILES string of the molecule is C=CCSc1nnc(NC(=O)CN(c2cc(OC)ccc2OC)S(=O)(=O)c2ccc(C)cc2)s1. The van der Waals surface area contributed by atoms with Crippen LogP contribution < -0.4 is 19.1 Å². The Morgan fingerprint density at radius 2 is 1.91 bits per heavy atom. The average Bonchev–Trinajstić information content (AvgIpc) is 3.28. The van der Waals surface area contributed by atoms with Crippen LogP contribution in [0.1, 0.15) is 5.56 Å². The Balaban J connectivity index is 1.97. The number of ether oxygens (including phenoxy) is 2.